The normalized spacial score (nSPS) is 10.1. The van der Waals surface area contributed by atoms with Gasteiger partial charge in [0.1, 0.15) is 5.03 Å². The summed E-state index contributed by atoms with van der Waals surface area (Å²) >= 11 is 1.33. The SMILES string of the molecule is CC(=O)c1ccnc(Sc2ncccn2)c1. The first-order valence-electron chi connectivity index (χ1n) is 4.67. The summed E-state index contributed by atoms with van der Waals surface area (Å²) in [5.41, 5.74) is 0.647. The Balaban J connectivity index is 2.22. The molecular weight excluding hydrogens is 222 g/mol. The quantitative estimate of drug-likeness (QED) is 0.599. The van der Waals surface area contributed by atoms with Gasteiger partial charge in [0.25, 0.3) is 0 Å². The van der Waals surface area contributed by atoms with Gasteiger partial charge in [0.15, 0.2) is 10.9 Å². The molecule has 0 amide bonds. The average molecular weight is 231 g/mol. The molecule has 4 nitrogen and oxygen atoms in total. The smallest absolute Gasteiger partial charge is 0.193 e. The summed E-state index contributed by atoms with van der Waals surface area (Å²) in [4.78, 5) is 23.5. The highest BCUT2D eigenvalue weighted by molar-refractivity contribution is 7.99. The van der Waals surface area contributed by atoms with E-state index < -0.39 is 0 Å². The van der Waals surface area contributed by atoms with E-state index in [1.807, 2.05) is 0 Å². The van der Waals surface area contributed by atoms with Crippen molar-refractivity contribution < 1.29 is 4.79 Å². The van der Waals surface area contributed by atoms with Crippen molar-refractivity contribution >= 4 is 17.5 Å². The maximum absolute atomic E-state index is 11.2. The molecule has 0 N–H and O–H groups in total. The van der Waals surface area contributed by atoms with Crippen molar-refractivity contribution in [2.45, 2.75) is 17.1 Å². The third-order valence-corrected chi connectivity index (χ3v) is 2.71. The van der Waals surface area contributed by atoms with E-state index in [1.165, 1.54) is 18.7 Å². The summed E-state index contributed by atoms with van der Waals surface area (Å²) in [5.74, 6) is 0.0261. The zero-order valence-corrected chi connectivity index (χ0v) is 9.44. The number of ketones is 1. The van der Waals surface area contributed by atoms with E-state index in [0.29, 0.717) is 10.7 Å². The van der Waals surface area contributed by atoms with Gasteiger partial charge in [0.05, 0.1) is 0 Å². The van der Waals surface area contributed by atoms with Crippen LogP contribution in [-0.4, -0.2) is 20.7 Å². The molecule has 0 unspecified atom stereocenters. The fraction of sp³-hybridized carbons (Fsp3) is 0.0909. The minimum atomic E-state index is 0.0261. The molecule has 2 aromatic heterocycles. The van der Waals surface area contributed by atoms with Crippen molar-refractivity contribution in [2.75, 3.05) is 0 Å². The molecule has 0 bridgehead atoms. The molecule has 0 fully saturated rings. The third kappa shape index (κ3) is 2.64. The maximum Gasteiger partial charge on any atom is 0.193 e. The molecule has 0 saturated heterocycles. The van der Waals surface area contributed by atoms with E-state index in [2.05, 4.69) is 15.0 Å². The Bertz CT molecular complexity index is 502. The molecule has 2 heterocycles. The van der Waals surface area contributed by atoms with Gasteiger partial charge in [-0.2, -0.15) is 0 Å². The van der Waals surface area contributed by atoms with Crippen LogP contribution in [0.1, 0.15) is 17.3 Å². The third-order valence-electron chi connectivity index (χ3n) is 1.88. The molecule has 16 heavy (non-hydrogen) atoms. The lowest BCUT2D eigenvalue weighted by atomic mass is 10.2. The predicted molar refractivity (Wildman–Crippen MR) is 60.4 cm³/mol. The van der Waals surface area contributed by atoms with Crippen LogP contribution in [-0.2, 0) is 0 Å². The molecule has 0 aliphatic carbocycles. The van der Waals surface area contributed by atoms with Crippen LogP contribution in [0.25, 0.3) is 0 Å². The number of hydrogen-bond acceptors (Lipinski definition) is 5. The highest BCUT2D eigenvalue weighted by atomic mass is 32.2. The van der Waals surface area contributed by atoms with Crippen LogP contribution >= 0.6 is 11.8 Å². The first kappa shape index (κ1) is 10.8. The Kier molecular flexibility index (Phi) is 3.26. The molecule has 2 rings (SSSR count). The molecule has 0 radical (unpaired) electrons. The highest BCUT2D eigenvalue weighted by Crippen LogP contribution is 2.22. The van der Waals surface area contributed by atoms with Crippen molar-refractivity contribution in [1.29, 1.82) is 0 Å². The van der Waals surface area contributed by atoms with E-state index in [-0.39, 0.29) is 5.78 Å². The summed E-state index contributed by atoms with van der Waals surface area (Å²) in [6, 6.07) is 5.19. The second-order valence-corrected chi connectivity index (χ2v) is 4.06. The van der Waals surface area contributed by atoms with Gasteiger partial charge in [-0.25, -0.2) is 15.0 Å². The number of nitrogens with zero attached hydrogens (tertiary/aromatic N) is 3. The van der Waals surface area contributed by atoms with Gasteiger partial charge < -0.3 is 0 Å². The van der Waals surface area contributed by atoms with E-state index in [0.717, 1.165) is 5.03 Å². The Morgan fingerprint density at radius 1 is 1.19 bits per heavy atom. The Hall–Kier alpha value is -1.75. The molecule has 0 aliphatic heterocycles. The molecule has 0 atom stereocenters. The minimum absolute atomic E-state index is 0.0261. The average Bonchev–Trinajstić information content (AvgIpc) is 2.30. The number of Topliss-reactive ketones (excluding diaryl/α,β-unsaturated/α-hetero) is 1. The molecule has 0 aliphatic rings. The second-order valence-electron chi connectivity index (χ2n) is 3.07. The fourth-order valence-corrected chi connectivity index (χ4v) is 1.83. The monoisotopic (exact) mass is 231 g/mol. The lowest BCUT2D eigenvalue weighted by Gasteiger charge is -2.00. The fourth-order valence-electron chi connectivity index (χ4n) is 1.12. The molecule has 0 aromatic carbocycles. The van der Waals surface area contributed by atoms with Crippen LogP contribution in [0.2, 0.25) is 0 Å². The van der Waals surface area contributed by atoms with Gasteiger partial charge in [-0.15, -0.1) is 0 Å². The molecule has 5 heteroatoms. The van der Waals surface area contributed by atoms with E-state index in [1.54, 1.807) is 36.8 Å². The minimum Gasteiger partial charge on any atom is -0.295 e. The van der Waals surface area contributed by atoms with Crippen molar-refractivity contribution in [3.8, 4) is 0 Å². The number of hydrogen-bond donors (Lipinski definition) is 0. The van der Waals surface area contributed by atoms with Crippen LogP contribution in [0.3, 0.4) is 0 Å². The van der Waals surface area contributed by atoms with Gasteiger partial charge in [-0.05, 0) is 36.9 Å². The molecular formula is C11H9N3OS. The molecule has 80 valence electrons. The molecule has 0 spiro atoms. The van der Waals surface area contributed by atoms with E-state index in [4.69, 9.17) is 0 Å². The second kappa shape index (κ2) is 4.85. The largest absolute Gasteiger partial charge is 0.295 e. The van der Waals surface area contributed by atoms with Gasteiger partial charge >= 0.3 is 0 Å². The Labute approximate surface area is 97.2 Å². The number of carbonyl (C=O) groups excluding carboxylic acids is 1. The predicted octanol–water partition coefficient (Wildman–Crippen LogP) is 2.23. The van der Waals surface area contributed by atoms with Crippen LogP contribution < -0.4 is 0 Å². The van der Waals surface area contributed by atoms with Crippen molar-refractivity contribution in [1.82, 2.24) is 15.0 Å². The zero-order chi connectivity index (χ0) is 11.4. The lowest BCUT2D eigenvalue weighted by molar-refractivity contribution is 0.101. The lowest BCUT2D eigenvalue weighted by Crippen LogP contribution is -1.93. The topological polar surface area (TPSA) is 55.7 Å². The van der Waals surface area contributed by atoms with Crippen molar-refractivity contribution in [3.63, 3.8) is 0 Å². The highest BCUT2D eigenvalue weighted by Gasteiger charge is 2.04. The number of pyridine rings is 1. The Morgan fingerprint density at radius 2 is 1.94 bits per heavy atom. The Morgan fingerprint density at radius 3 is 2.62 bits per heavy atom. The standard InChI is InChI=1S/C11H9N3OS/c1-8(15)9-3-6-12-10(7-9)16-11-13-4-2-5-14-11/h2-7H,1H3. The number of aromatic nitrogens is 3. The number of carbonyl (C=O) groups is 1. The zero-order valence-electron chi connectivity index (χ0n) is 8.62. The van der Waals surface area contributed by atoms with Crippen LogP contribution in [0.5, 0.6) is 0 Å². The first-order chi connectivity index (χ1) is 7.75. The van der Waals surface area contributed by atoms with Crippen LogP contribution in [0, 0.1) is 0 Å². The van der Waals surface area contributed by atoms with Crippen LogP contribution in [0.4, 0.5) is 0 Å². The van der Waals surface area contributed by atoms with Gasteiger partial charge in [-0.3, -0.25) is 4.79 Å². The maximum atomic E-state index is 11.2. The summed E-state index contributed by atoms with van der Waals surface area (Å²) < 4.78 is 0. The van der Waals surface area contributed by atoms with E-state index >= 15 is 0 Å². The van der Waals surface area contributed by atoms with E-state index in [9.17, 15) is 4.79 Å². The van der Waals surface area contributed by atoms with Crippen molar-refractivity contribution in [3.05, 3.63) is 42.4 Å². The summed E-state index contributed by atoms with van der Waals surface area (Å²) in [6.45, 7) is 1.53. The molecule has 2 aromatic rings. The van der Waals surface area contributed by atoms with Gasteiger partial charge in [-0.1, -0.05) is 0 Å². The van der Waals surface area contributed by atoms with Gasteiger partial charge in [0, 0.05) is 24.2 Å². The van der Waals surface area contributed by atoms with Crippen LogP contribution in [0.15, 0.2) is 47.0 Å². The summed E-state index contributed by atoms with van der Waals surface area (Å²) in [7, 11) is 0. The number of rotatable bonds is 3. The first-order valence-corrected chi connectivity index (χ1v) is 5.49. The summed E-state index contributed by atoms with van der Waals surface area (Å²) in [5, 5.41) is 1.34. The van der Waals surface area contributed by atoms with Crippen molar-refractivity contribution in [2.24, 2.45) is 0 Å². The summed E-state index contributed by atoms with van der Waals surface area (Å²) in [6.07, 6.45) is 4.95. The van der Waals surface area contributed by atoms with Gasteiger partial charge in [0.2, 0.25) is 0 Å². The molecule has 0 saturated carbocycles.